The van der Waals surface area contributed by atoms with Gasteiger partial charge in [0, 0.05) is 5.69 Å². The second kappa shape index (κ2) is 8.43. The number of hydrazone groups is 1. The third-order valence-electron chi connectivity index (χ3n) is 3.14. The van der Waals surface area contributed by atoms with E-state index >= 15 is 0 Å². The molecule has 0 atom stereocenters. The molecule has 2 N–H and O–H groups in total. The van der Waals surface area contributed by atoms with E-state index in [2.05, 4.69) is 15.8 Å². The van der Waals surface area contributed by atoms with Crippen LogP contribution < -0.4 is 10.7 Å². The van der Waals surface area contributed by atoms with Gasteiger partial charge in [-0.05, 0) is 37.1 Å². The minimum atomic E-state index is -0.820. The molecule has 24 heavy (non-hydrogen) atoms. The second-order valence-corrected chi connectivity index (χ2v) is 5.32. The van der Waals surface area contributed by atoms with Gasteiger partial charge in [-0.25, -0.2) is 5.43 Å². The Labute approximate surface area is 141 Å². The van der Waals surface area contributed by atoms with Gasteiger partial charge in [-0.15, -0.1) is 0 Å². The number of anilines is 1. The zero-order valence-electron chi connectivity index (χ0n) is 13.6. The Kier molecular flexibility index (Phi) is 6.02. The lowest BCUT2D eigenvalue weighted by atomic mass is 10.1. The highest BCUT2D eigenvalue weighted by Crippen LogP contribution is 2.08. The standard InChI is InChI=1S/C19H19N3O2/c1-14-8-10-17(11-9-14)21-18(23)19(24)22-20-13-15(2)12-16-6-4-3-5-7-16/h3-13H,1-2H3,(H,21,23)(H,22,24)/b15-12-,20-13-. The first-order chi connectivity index (χ1) is 11.5. The predicted octanol–water partition coefficient (Wildman–Crippen LogP) is 3.14. The van der Waals surface area contributed by atoms with Crippen molar-refractivity contribution in [3.63, 3.8) is 0 Å². The third-order valence-corrected chi connectivity index (χ3v) is 3.14. The number of hydrogen-bond donors (Lipinski definition) is 2. The normalized spacial score (nSPS) is 11.3. The molecule has 0 unspecified atom stereocenters. The van der Waals surface area contributed by atoms with E-state index in [4.69, 9.17) is 0 Å². The number of allylic oxidation sites excluding steroid dienone is 1. The maximum atomic E-state index is 11.8. The third kappa shape index (κ3) is 5.53. The first-order valence-corrected chi connectivity index (χ1v) is 7.49. The van der Waals surface area contributed by atoms with Gasteiger partial charge in [0.1, 0.15) is 0 Å². The number of nitrogens with zero attached hydrogens (tertiary/aromatic N) is 1. The van der Waals surface area contributed by atoms with E-state index in [9.17, 15) is 9.59 Å². The van der Waals surface area contributed by atoms with Gasteiger partial charge in [-0.3, -0.25) is 9.59 Å². The maximum Gasteiger partial charge on any atom is 0.329 e. The van der Waals surface area contributed by atoms with Crippen LogP contribution in [0.4, 0.5) is 5.69 Å². The molecule has 0 saturated heterocycles. The molecule has 2 rings (SSSR count). The van der Waals surface area contributed by atoms with Crippen LogP contribution in [0.25, 0.3) is 6.08 Å². The number of nitrogens with one attached hydrogen (secondary N) is 2. The van der Waals surface area contributed by atoms with Crippen molar-refractivity contribution in [1.29, 1.82) is 0 Å². The van der Waals surface area contributed by atoms with E-state index in [-0.39, 0.29) is 0 Å². The number of hydrogen-bond acceptors (Lipinski definition) is 3. The summed E-state index contributed by atoms with van der Waals surface area (Å²) in [5.74, 6) is -1.58. The number of benzene rings is 2. The number of rotatable bonds is 4. The zero-order valence-corrected chi connectivity index (χ0v) is 13.6. The molecule has 122 valence electrons. The van der Waals surface area contributed by atoms with Gasteiger partial charge in [0.15, 0.2) is 0 Å². The minimum Gasteiger partial charge on any atom is -0.318 e. The molecular weight excluding hydrogens is 302 g/mol. The summed E-state index contributed by atoms with van der Waals surface area (Å²) in [6.45, 7) is 3.80. The van der Waals surface area contributed by atoms with E-state index in [0.717, 1.165) is 16.7 Å². The molecule has 0 heterocycles. The molecular formula is C19H19N3O2. The average molecular weight is 321 g/mol. The summed E-state index contributed by atoms with van der Waals surface area (Å²) < 4.78 is 0. The molecule has 0 spiro atoms. The number of aryl methyl sites for hydroxylation is 1. The summed E-state index contributed by atoms with van der Waals surface area (Å²) in [7, 11) is 0. The Bertz CT molecular complexity index is 763. The number of carbonyl (C=O) groups excluding carboxylic acids is 2. The van der Waals surface area contributed by atoms with E-state index in [1.807, 2.05) is 62.4 Å². The minimum absolute atomic E-state index is 0.560. The molecule has 2 aromatic rings. The SMILES string of the molecule is CC(/C=N\NC(=O)C(=O)Nc1ccc(C)cc1)=C/c1ccccc1. The van der Waals surface area contributed by atoms with Crippen LogP contribution in [-0.4, -0.2) is 18.0 Å². The largest absolute Gasteiger partial charge is 0.329 e. The van der Waals surface area contributed by atoms with Gasteiger partial charge in [-0.2, -0.15) is 5.10 Å². The van der Waals surface area contributed by atoms with Crippen LogP contribution in [0.1, 0.15) is 18.1 Å². The molecule has 2 amide bonds. The van der Waals surface area contributed by atoms with Crippen molar-refractivity contribution in [2.24, 2.45) is 5.10 Å². The molecule has 5 heteroatoms. The van der Waals surface area contributed by atoms with Crippen LogP contribution in [0.5, 0.6) is 0 Å². The summed E-state index contributed by atoms with van der Waals surface area (Å²) in [5.41, 5.74) is 5.72. The summed E-state index contributed by atoms with van der Waals surface area (Å²) in [4.78, 5) is 23.5. The molecule has 0 aliphatic carbocycles. The van der Waals surface area contributed by atoms with Crippen molar-refractivity contribution in [3.05, 3.63) is 71.3 Å². The fraction of sp³-hybridized carbons (Fsp3) is 0.105. The highest BCUT2D eigenvalue weighted by Gasteiger charge is 2.12. The average Bonchev–Trinajstić information content (AvgIpc) is 2.57. The van der Waals surface area contributed by atoms with Gasteiger partial charge in [0.25, 0.3) is 0 Å². The van der Waals surface area contributed by atoms with Crippen LogP contribution in [0.15, 0.2) is 65.3 Å². The van der Waals surface area contributed by atoms with Crippen LogP contribution in [0.3, 0.4) is 0 Å². The van der Waals surface area contributed by atoms with E-state index in [0.29, 0.717) is 5.69 Å². The lowest BCUT2D eigenvalue weighted by molar-refractivity contribution is -0.136. The number of carbonyl (C=O) groups is 2. The highest BCUT2D eigenvalue weighted by molar-refractivity contribution is 6.39. The lowest BCUT2D eigenvalue weighted by Gasteiger charge is -2.04. The molecule has 0 aliphatic heterocycles. The van der Waals surface area contributed by atoms with Gasteiger partial charge < -0.3 is 5.32 Å². The van der Waals surface area contributed by atoms with Crippen molar-refractivity contribution < 1.29 is 9.59 Å². The van der Waals surface area contributed by atoms with E-state index < -0.39 is 11.8 Å². The summed E-state index contributed by atoms with van der Waals surface area (Å²) in [6.07, 6.45) is 3.41. The van der Waals surface area contributed by atoms with Crippen molar-refractivity contribution in [2.45, 2.75) is 13.8 Å². The summed E-state index contributed by atoms with van der Waals surface area (Å²) in [5, 5.41) is 6.30. The maximum absolute atomic E-state index is 11.8. The fourth-order valence-electron chi connectivity index (χ4n) is 1.92. The molecule has 0 aromatic heterocycles. The molecule has 0 fully saturated rings. The Balaban J connectivity index is 1.86. The Morgan fingerprint density at radius 1 is 0.958 bits per heavy atom. The predicted molar refractivity (Wildman–Crippen MR) is 96.5 cm³/mol. The van der Waals surface area contributed by atoms with Crippen molar-refractivity contribution in [1.82, 2.24) is 5.43 Å². The highest BCUT2D eigenvalue weighted by atomic mass is 16.2. The monoisotopic (exact) mass is 321 g/mol. The molecule has 5 nitrogen and oxygen atoms in total. The smallest absolute Gasteiger partial charge is 0.318 e. The van der Waals surface area contributed by atoms with Gasteiger partial charge in [-0.1, -0.05) is 54.1 Å². The number of amides is 2. The van der Waals surface area contributed by atoms with Crippen molar-refractivity contribution >= 4 is 29.8 Å². The zero-order chi connectivity index (χ0) is 17.4. The molecule has 0 bridgehead atoms. The van der Waals surface area contributed by atoms with E-state index in [1.54, 1.807) is 12.1 Å². The van der Waals surface area contributed by atoms with Gasteiger partial charge in [0.2, 0.25) is 0 Å². The first-order valence-electron chi connectivity index (χ1n) is 7.49. The van der Waals surface area contributed by atoms with Gasteiger partial charge >= 0.3 is 11.8 Å². The molecule has 2 aromatic carbocycles. The fourth-order valence-corrected chi connectivity index (χ4v) is 1.92. The Hall–Kier alpha value is -3.21. The molecule has 0 saturated carbocycles. The lowest BCUT2D eigenvalue weighted by Crippen LogP contribution is -2.32. The molecule has 0 aliphatic rings. The second-order valence-electron chi connectivity index (χ2n) is 5.32. The Morgan fingerprint density at radius 3 is 2.29 bits per heavy atom. The quantitative estimate of drug-likeness (QED) is 0.516. The summed E-state index contributed by atoms with van der Waals surface area (Å²) >= 11 is 0. The van der Waals surface area contributed by atoms with E-state index in [1.165, 1.54) is 6.21 Å². The van der Waals surface area contributed by atoms with Crippen LogP contribution in [-0.2, 0) is 9.59 Å². The Morgan fingerprint density at radius 2 is 1.62 bits per heavy atom. The van der Waals surface area contributed by atoms with Crippen molar-refractivity contribution in [3.8, 4) is 0 Å². The first kappa shape index (κ1) is 17.1. The molecule has 0 radical (unpaired) electrons. The van der Waals surface area contributed by atoms with Crippen LogP contribution in [0, 0.1) is 6.92 Å². The van der Waals surface area contributed by atoms with Crippen LogP contribution >= 0.6 is 0 Å². The van der Waals surface area contributed by atoms with Gasteiger partial charge in [0.05, 0.1) is 6.21 Å². The topological polar surface area (TPSA) is 70.6 Å². The summed E-state index contributed by atoms with van der Waals surface area (Å²) in [6, 6.07) is 16.9. The van der Waals surface area contributed by atoms with Crippen LogP contribution in [0.2, 0.25) is 0 Å². The van der Waals surface area contributed by atoms with Crippen molar-refractivity contribution in [2.75, 3.05) is 5.32 Å².